The number of nitrogens with zero attached hydrogens (tertiary/aromatic N) is 3. The minimum absolute atomic E-state index is 0.189. The molecule has 0 saturated carbocycles. The Morgan fingerprint density at radius 1 is 1.17 bits per heavy atom. The average molecular weight is 243 g/mol. The molecule has 0 aliphatic carbocycles. The Morgan fingerprint density at radius 3 is 2.83 bits per heavy atom. The van der Waals surface area contributed by atoms with Gasteiger partial charge in [-0.1, -0.05) is 12.1 Å². The van der Waals surface area contributed by atoms with Gasteiger partial charge >= 0.3 is 0 Å². The maximum atomic E-state index is 13.5. The molecule has 5 heteroatoms. The molecule has 90 valence electrons. The van der Waals surface area contributed by atoms with Crippen LogP contribution in [-0.2, 0) is 7.05 Å². The van der Waals surface area contributed by atoms with Gasteiger partial charge in [0.05, 0.1) is 11.6 Å². The fraction of sp³-hybridized carbons (Fsp3) is 0.0769. The number of halogens is 1. The summed E-state index contributed by atoms with van der Waals surface area (Å²) in [7, 11) is 1.79. The summed E-state index contributed by atoms with van der Waals surface area (Å²) in [6, 6.07) is 7.97. The largest absolute Gasteiger partial charge is 0.453 e. The van der Waals surface area contributed by atoms with Gasteiger partial charge in [-0.3, -0.25) is 4.68 Å². The number of aryl methyl sites for hydroxylation is 1. The molecule has 0 fully saturated rings. The van der Waals surface area contributed by atoms with Crippen molar-refractivity contribution in [3.8, 4) is 11.5 Å². The molecule has 0 aliphatic rings. The van der Waals surface area contributed by atoms with Gasteiger partial charge < -0.3 is 4.74 Å². The predicted octanol–water partition coefficient (Wildman–Crippen LogP) is 2.90. The van der Waals surface area contributed by atoms with Crippen LogP contribution in [0.2, 0.25) is 0 Å². The topological polar surface area (TPSA) is 39.9 Å². The number of aromatic nitrogens is 3. The van der Waals surface area contributed by atoms with E-state index in [1.807, 2.05) is 0 Å². The van der Waals surface area contributed by atoms with E-state index in [0.717, 1.165) is 5.39 Å². The summed E-state index contributed by atoms with van der Waals surface area (Å²) >= 11 is 0. The summed E-state index contributed by atoms with van der Waals surface area (Å²) < 4.78 is 20.7. The molecular weight excluding hydrogens is 233 g/mol. The summed E-state index contributed by atoms with van der Waals surface area (Å²) in [5, 5.41) is 4.85. The molecule has 1 aromatic carbocycles. The van der Waals surface area contributed by atoms with Crippen LogP contribution in [0.25, 0.3) is 11.0 Å². The number of rotatable bonds is 2. The van der Waals surface area contributed by atoms with E-state index in [2.05, 4.69) is 10.1 Å². The molecule has 0 bridgehead atoms. The molecule has 0 atom stereocenters. The normalized spacial score (nSPS) is 10.8. The van der Waals surface area contributed by atoms with Crippen LogP contribution in [0.3, 0.4) is 0 Å². The van der Waals surface area contributed by atoms with E-state index in [1.165, 1.54) is 6.07 Å². The summed E-state index contributed by atoms with van der Waals surface area (Å²) in [6.45, 7) is 0. The van der Waals surface area contributed by atoms with Gasteiger partial charge in [0.1, 0.15) is 5.75 Å². The molecule has 0 radical (unpaired) electrons. The first kappa shape index (κ1) is 10.7. The highest BCUT2D eigenvalue weighted by Crippen LogP contribution is 2.29. The number of hydrogen-bond donors (Lipinski definition) is 0. The second-order valence-corrected chi connectivity index (χ2v) is 3.85. The van der Waals surface area contributed by atoms with Gasteiger partial charge in [0, 0.05) is 13.2 Å². The standard InChI is InChI=1S/C13H10FN3O/c1-17-13-9(8-16-17)11(6-7-15-13)18-12-5-3-2-4-10(12)14/h2-8H,1H3. The van der Waals surface area contributed by atoms with Gasteiger partial charge in [-0.2, -0.15) is 5.10 Å². The monoisotopic (exact) mass is 243 g/mol. The van der Waals surface area contributed by atoms with Crippen molar-refractivity contribution in [2.45, 2.75) is 0 Å². The summed E-state index contributed by atoms with van der Waals surface area (Å²) in [5.74, 6) is 0.332. The van der Waals surface area contributed by atoms with Crippen LogP contribution >= 0.6 is 0 Å². The third-order valence-electron chi connectivity index (χ3n) is 2.65. The van der Waals surface area contributed by atoms with Crippen LogP contribution in [-0.4, -0.2) is 14.8 Å². The second-order valence-electron chi connectivity index (χ2n) is 3.85. The van der Waals surface area contributed by atoms with E-state index in [9.17, 15) is 4.39 Å². The summed E-state index contributed by atoms with van der Waals surface area (Å²) in [5.41, 5.74) is 0.698. The molecule has 2 heterocycles. The van der Waals surface area contributed by atoms with Crippen molar-refractivity contribution in [1.82, 2.24) is 14.8 Å². The maximum Gasteiger partial charge on any atom is 0.165 e. The molecule has 0 unspecified atom stereocenters. The summed E-state index contributed by atoms with van der Waals surface area (Å²) in [6.07, 6.45) is 3.26. The van der Waals surface area contributed by atoms with E-state index >= 15 is 0 Å². The van der Waals surface area contributed by atoms with Gasteiger partial charge in [-0.05, 0) is 18.2 Å². The number of para-hydroxylation sites is 1. The van der Waals surface area contributed by atoms with E-state index < -0.39 is 5.82 Å². The van der Waals surface area contributed by atoms with E-state index in [-0.39, 0.29) is 5.75 Å². The van der Waals surface area contributed by atoms with Crippen molar-refractivity contribution in [1.29, 1.82) is 0 Å². The number of fused-ring (bicyclic) bond motifs is 1. The van der Waals surface area contributed by atoms with Crippen molar-refractivity contribution in [2.75, 3.05) is 0 Å². The van der Waals surface area contributed by atoms with Crippen molar-refractivity contribution in [3.63, 3.8) is 0 Å². The predicted molar refractivity (Wildman–Crippen MR) is 65.0 cm³/mol. The Labute approximate surface area is 103 Å². The third-order valence-corrected chi connectivity index (χ3v) is 2.65. The first-order valence-corrected chi connectivity index (χ1v) is 5.45. The molecule has 0 saturated heterocycles. The molecule has 0 N–H and O–H groups in total. The van der Waals surface area contributed by atoms with Gasteiger partial charge in [-0.15, -0.1) is 0 Å². The Bertz CT molecular complexity index is 708. The van der Waals surface area contributed by atoms with Crippen molar-refractivity contribution < 1.29 is 9.13 Å². The van der Waals surface area contributed by atoms with Crippen LogP contribution in [0.5, 0.6) is 11.5 Å². The number of benzene rings is 1. The lowest BCUT2D eigenvalue weighted by atomic mass is 10.3. The lowest BCUT2D eigenvalue weighted by Gasteiger charge is -2.07. The van der Waals surface area contributed by atoms with Gasteiger partial charge in [-0.25, -0.2) is 9.37 Å². The molecule has 0 amide bonds. The third kappa shape index (κ3) is 1.69. The van der Waals surface area contributed by atoms with Crippen LogP contribution in [0.15, 0.2) is 42.7 Å². The van der Waals surface area contributed by atoms with Gasteiger partial charge in [0.2, 0.25) is 0 Å². The maximum absolute atomic E-state index is 13.5. The van der Waals surface area contributed by atoms with Gasteiger partial charge in [0.15, 0.2) is 17.2 Å². The number of ether oxygens (including phenoxy) is 1. The average Bonchev–Trinajstić information content (AvgIpc) is 2.76. The van der Waals surface area contributed by atoms with Crippen LogP contribution in [0.1, 0.15) is 0 Å². The van der Waals surface area contributed by atoms with E-state index in [4.69, 9.17) is 4.74 Å². The molecule has 0 spiro atoms. The Hall–Kier alpha value is -2.43. The first-order valence-electron chi connectivity index (χ1n) is 5.45. The molecule has 3 aromatic rings. The summed E-state index contributed by atoms with van der Waals surface area (Å²) in [4.78, 5) is 4.19. The molecule has 0 aliphatic heterocycles. The van der Waals surface area contributed by atoms with Crippen LogP contribution < -0.4 is 4.74 Å². The van der Waals surface area contributed by atoms with Crippen molar-refractivity contribution in [3.05, 3.63) is 48.5 Å². The van der Waals surface area contributed by atoms with Crippen LogP contribution in [0.4, 0.5) is 4.39 Å². The highest BCUT2D eigenvalue weighted by Gasteiger charge is 2.10. The lowest BCUT2D eigenvalue weighted by molar-refractivity contribution is 0.446. The Morgan fingerprint density at radius 2 is 2.00 bits per heavy atom. The van der Waals surface area contributed by atoms with Crippen molar-refractivity contribution in [2.24, 2.45) is 7.05 Å². The Balaban J connectivity index is 2.08. The van der Waals surface area contributed by atoms with E-state index in [1.54, 1.807) is 48.4 Å². The Kier molecular flexibility index (Phi) is 2.44. The smallest absolute Gasteiger partial charge is 0.165 e. The van der Waals surface area contributed by atoms with Gasteiger partial charge in [0.25, 0.3) is 0 Å². The molecule has 4 nitrogen and oxygen atoms in total. The fourth-order valence-corrected chi connectivity index (χ4v) is 1.76. The SMILES string of the molecule is Cn1ncc2c(Oc3ccccc3F)ccnc21. The zero-order valence-electron chi connectivity index (χ0n) is 9.67. The molecule has 18 heavy (non-hydrogen) atoms. The zero-order chi connectivity index (χ0) is 12.5. The van der Waals surface area contributed by atoms with E-state index in [0.29, 0.717) is 11.4 Å². The minimum Gasteiger partial charge on any atom is -0.453 e. The highest BCUT2D eigenvalue weighted by molar-refractivity contribution is 5.81. The highest BCUT2D eigenvalue weighted by atomic mass is 19.1. The molecular formula is C13H10FN3O. The quantitative estimate of drug-likeness (QED) is 0.694. The fourth-order valence-electron chi connectivity index (χ4n) is 1.76. The molecule has 3 rings (SSSR count). The molecule has 2 aromatic heterocycles. The zero-order valence-corrected chi connectivity index (χ0v) is 9.67. The van der Waals surface area contributed by atoms with Crippen LogP contribution in [0, 0.1) is 5.82 Å². The minimum atomic E-state index is -0.397. The number of pyridine rings is 1. The van der Waals surface area contributed by atoms with Crippen molar-refractivity contribution >= 4 is 11.0 Å². The second kappa shape index (κ2) is 4.10. The lowest BCUT2D eigenvalue weighted by Crippen LogP contribution is -1.92. The first-order chi connectivity index (χ1) is 8.75. The number of hydrogen-bond acceptors (Lipinski definition) is 3.